The summed E-state index contributed by atoms with van der Waals surface area (Å²) in [5.41, 5.74) is 0.781. The fourth-order valence-electron chi connectivity index (χ4n) is 2.42. The molecule has 0 spiro atoms. The van der Waals surface area contributed by atoms with Crippen LogP contribution in [-0.2, 0) is 0 Å². The van der Waals surface area contributed by atoms with Gasteiger partial charge in [-0.15, -0.1) is 0 Å². The van der Waals surface area contributed by atoms with Crippen LogP contribution >= 0.6 is 0 Å². The van der Waals surface area contributed by atoms with Gasteiger partial charge < -0.3 is 9.80 Å². The molecule has 0 radical (unpaired) electrons. The molecule has 2 nitrogen and oxygen atoms in total. The normalized spacial score (nSPS) is 22.3. The molecular weight excluding hydrogens is 220 g/mol. The predicted octanol–water partition coefficient (Wildman–Crippen LogP) is 3.87. The van der Waals surface area contributed by atoms with E-state index < -0.39 is 0 Å². The van der Waals surface area contributed by atoms with Crippen molar-refractivity contribution in [2.24, 2.45) is 5.41 Å². The lowest BCUT2D eigenvalue weighted by molar-refractivity contribution is 0.144. The molecule has 110 valence electrons. The van der Waals surface area contributed by atoms with Crippen LogP contribution in [0.1, 0.15) is 60.3 Å². The van der Waals surface area contributed by atoms with Gasteiger partial charge in [0.2, 0.25) is 0 Å². The topological polar surface area (TPSA) is 6.48 Å². The highest BCUT2D eigenvalue weighted by Gasteiger charge is 2.40. The summed E-state index contributed by atoms with van der Waals surface area (Å²) in [5, 5.41) is 0. The van der Waals surface area contributed by atoms with E-state index in [-0.39, 0.29) is 0 Å². The molecule has 18 heavy (non-hydrogen) atoms. The zero-order chi connectivity index (χ0) is 14.0. The monoisotopic (exact) mass is 256 g/mol. The SMILES string of the molecule is CC.CC.CCC1(CCN2CCN(C)CC2)CC1. The third-order valence-corrected chi connectivity index (χ3v) is 4.26. The Labute approximate surface area is 116 Å². The average Bonchev–Trinajstić information content (AvgIpc) is 3.23. The molecule has 1 aliphatic heterocycles. The molecule has 0 aromatic rings. The van der Waals surface area contributed by atoms with E-state index in [0.29, 0.717) is 0 Å². The van der Waals surface area contributed by atoms with E-state index in [2.05, 4.69) is 23.8 Å². The molecule has 2 rings (SSSR count). The summed E-state index contributed by atoms with van der Waals surface area (Å²) in [7, 11) is 2.23. The first-order chi connectivity index (χ1) is 8.74. The standard InChI is InChI=1S/C12H24N2.2C2H6/c1-3-12(4-5-12)6-7-14-10-8-13(2)9-11-14;2*1-2/h3-11H2,1-2H3;2*1-2H3. The summed E-state index contributed by atoms with van der Waals surface area (Å²) in [6.07, 6.45) is 5.85. The van der Waals surface area contributed by atoms with Gasteiger partial charge in [0, 0.05) is 26.2 Å². The zero-order valence-corrected chi connectivity index (χ0v) is 13.8. The Hall–Kier alpha value is -0.0800. The van der Waals surface area contributed by atoms with E-state index in [0.717, 1.165) is 5.41 Å². The molecule has 0 unspecified atom stereocenters. The summed E-state index contributed by atoms with van der Waals surface area (Å²) < 4.78 is 0. The molecule has 1 saturated heterocycles. The van der Waals surface area contributed by atoms with Gasteiger partial charge in [-0.3, -0.25) is 0 Å². The molecule has 0 amide bonds. The molecular formula is C16H36N2. The minimum Gasteiger partial charge on any atom is -0.304 e. The van der Waals surface area contributed by atoms with E-state index in [9.17, 15) is 0 Å². The van der Waals surface area contributed by atoms with Crippen LogP contribution in [0.2, 0.25) is 0 Å². The number of likely N-dealkylation sites (N-methyl/N-ethyl adjacent to an activating group) is 1. The Kier molecular flexibility index (Phi) is 9.76. The summed E-state index contributed by atoms with van der Waals surface area (Å²) in [6, 6.07) is 0. The van der Waals surface area contributed by atoms with Gasteiger partial charge in [0.15, 0.2) is 0 Å². The Bertz CT molecular complexity index is 180. The van der Waals surface area contributed by atoms with Crippen molar-refractivity contribution in [2.45, 2.75) is 60.3 Å². The van der Waals surface area contributed by atoms with Crippen LogP contribution in [-0.4, -0.2) is 49.6 Å². The highest BCUT2D eigenvalue weighted by Crippen LogP contribution is 2.51. The van der Waals surface area contributed by atoms with E-state index in [1.807, 2.05) is 27.7 Å². The second-order valence-corrected chi connectivity index (χ2v) is 5.25. The van der Waals surface area contributed by atoms with Crippen LogP contribution in [0.5, 0.6) is 0 Å². The van der Waals surface area contributed by atoms with E-state index in [1.165, 1.54) is 58.4 Å². The van der Waals surface area contributed by atoms with Crippen LogP contribution in [0.25, 0.3) is 0 Å². The van der Waals surface area contributed by atoms with Crippen molar-refractivity contribution in [2.75, 3.05) is 39.8 Å². The van der Waals surface area contributed by atoms with Crippen molar-refractivity contribution < 1.29 is 0 Å². The lowest BCUT2D eigenvalue weighted by Crippen LogP contribution is -2.45. The maximum absolute atomic E-state index is 2.65. The Morgan fingerprint density at radius 1 is 0.889 bits per heavy atom. The van der Waals surface area contributed by atoms with Crippen molar-refractivity contribution in [1.82, 2.24) is 9.80 Å². The number of hydrogen-bond acceptors (Lipinski definition) is 2. The molecule has 0 bridgehead atoms. The number of nitrogens with zero attached hydrogens (tertiary/aromatic N) is 2. The first kappa shape index (κ1) is 17.9. The van der Waals surface area contributed by atoms with Crippen molar-refractivity contribution in [3.63, 3.8) is 0 Å². The van der Waals surface area contributed by atoms with Crippen LogP contribution in [0, 0.1) is 5.41 Å². The van der Waals surface area contributed by atoms with Gasteiger partial charge in [-0.25, -0.2) is 0 Å². The molecule has 0 N–H and O–H groups in total. The van der Waals surface area contributed by atoms with Gasteiger partial charge in [-0.1, -0.05) is 41.0 Å². The van der Waals surface area contributed by atoms with Gasteiger partial charge in [-0.05, 0) is 38.3 Å². The minimum absolute atomic E-state index is 0.781. The third kappa shape index (κ3) is 6.19. The Morgan fingerprint density at radius 3 is 1.78 bits per heavy atom. The Morgan fingerprint density at radius 2 is 1.39 bits per heavy atom. The molecule has 0 aromatic heterocycles. The number of hydrogen-bond donors (Lipinski definition) is 0. The second kappa shape index (κ2) is 9.80. The molecule has 1 aliphatic carbocycles. The van der Waals surface area contributed by atoms with Gasteiger partial charge in [0.05, 0.1) is 0 Å². The zero-order valence-electron chi connectivity index (χ0n) is 13.8. The van der Waals surface area contributed by atoms with Crippen molar-refractivity contribution in [3.05, 3.63) is 0 Å². The predicted molar refractivity (Wildman–Crippen MR) is 83.2 cm³/mol. The fourth-order valence-corrected chi connectivity index (χ4v) is 2.42. The first-order valence-corrected chi connectivity index (χ1v) is 8.15. The minimum atomic E-state index is 0.781. The maximum Gasteiger partial charge on any atom is 0.0110 e. The van der Waals surface area contributed by atoms with E-state index in [1.54, 1.807) is 0 Å². The average molecular weight is 256 g/mol. The van der Waals surface area contributed by atoms with Crippen molar-refractivity contribution >= 4 is 0 Å². The lowest BCUT2D eigenvalue weighted by Gasteiger charge is -2.33. The van der Waals surface area contributed by atoms with Crippen molar-refractivity contribution in [3.8, 4) is 0 Å². The highest BCUT2D eigenvalue weighted by atomic mass is 15.2. The Balaban J connectivity index is 0.000000659. The summed E-state index contributed by atoms with van der Waals surface area (Å²) in [4.78, 5) is 5.08. The number of piperazine rings is 1. The largest absolute Gasteiger partial charge is 0.304 e. The maximum atomic E-state index is 2.65. The molecule has 0 atom stereocenters. The molecule has 2 aliphatic rings. The van der Waals surface area contributed by atoms with Gasteiger partial charge in [-0.2, -0.15) is 0 Å². The molecule has 2 heteroatoms. The molecule has 2 fully saturated rings. The van der Waals surface area contributed by atoms with Gasteiger partial charge in [0.1, 0.15) is 0 Å². The summed E-state index contributed by atoms with van der Waals surface area (Å²) >= 11 is 0. The first-order valence-electron chi connectivity index (χ1n) is 8.15. The van der Waals surface area contributed by atoms with Crippen LogP contribution in [0.3, 0.4) is 0 Å². The summed E-state index contributed by atoms with van der Waals surface area (Å²) in [6.45, 7) is 16.8. The highest BCUT2D eigenvalue weighted by molar-refractivity contribution is 4.92. The van der Waals surface area contributed by atoms with Crippen molar-refractivity contribution in [1.29, 1.82) is 0 Å². The lowest BCUT2D eigenvalue weighted by atomic mass is 9.99. The smallest absolute Gasteiger partial charge is 0.0110 e. The van der Waals surface area contributed by atoms with Gasteiger partial charge >= 0.3 is 0 Å². The molecule has 1 heterocycles. The van der Waals surface area contributed by atoms with Gasteiger partial charge in [0.25, 0.3) is 0 Å². The van der Waals surface area contributed by atoms with Crippen LogP contribution in [0.15, 0.2) is 0 Å². The third-order valence-electron chi connectivity index (χ3n) is 4.26. The van der Waals surface area contributed by atoms with Crippen LogP contribution < -0.4 is 0 Å². The summed E-state index contributed by atoms with van der Waals surface area (Å²) in [5.74, 6) is 0. The van der Waals surface area contributed by atoms with E-state index in [4.69, 9.17) is 0 Å². The van der Waals surface area contributed by atoms with Crippen LogP contribution in [0.4, 0.5) is 0 Å². The molecule has 0 aromatic carbocycles. The molecule has 1 saturated carbocycles. The quantitative estimate of drug-likeness (QED) is 0.753. The fraction of sp³-hybridized carbons (Fsp3) is 1.00. The second-order valence-electron chi connectivity index (χ2n) is 5.25. The van der Waals surface area contributed by atoms with E-state index >= 15 is 0 Å². The number of rotatable bonds is 4.